The lowest BCUT2D eigenvalue weighted by Gasteiger charge is -2.27. The maximum absolute atomic E-state index is 4.36. The topological polar surface area (TPSA) is 12.9 Å². The maximum Gasteiger partial charge on any atom is 0.0702 e. The van der Waals surface area contributed by atoms with Crippen LogP contribution in [0.15, 0.2) is 36.5 Å². The molecule has 0 spiro atoms. The molecule has 2 heteroatoms. The molecular weight excluding hydrogens is 274 g/mol. The van der Waals surface area contributed by atoms with Crippen molar-refractivity contribution in [2.24, 2.45) is 0 Å². The first-order valence-corrected chi connectivity index (χ1v) is 6.90. The van der Waals surface area contributed by atoms with Crippen molar-refractivity contribution in [1.82, 2.24) is 4.98 Å². The predicted octanol–water partition coefficient (Wildman–Crippen LogP) is 4.69. The van der Waals surface area contributed by atoms with Crippen molar-refractivity contribution < 1.29 is 0 Å². The van der Waals surface area contributed by atoms with Gasteiger partial charge in [0, 0.05) is 16.4 Å². The number of rotatable bonds is 3. The van der Waals surface area contributed by atoms with Crippen molar-refractivity contribution in [1.29, 1.82) is 0 Å². The molecule has 1 aromatic carbocycles. The third kappa shape index (κ3) is 2.86. The summed E-state index contributed by atoms with van der Waals surface area (Å²) in [4.78, 5) is 4.89. The average molecular weight is 292 g/mol. The van der Waals surface area contributed by atoms with Crippen molar-refractivity contribution in [3.05, 3.63) is 42.1 Å². The fourth-order valence-electron chi connectivity index (χ4n) is 2.32. The second-order valence-corrected chi connectivity index (χ2v) is 6.84. The van der Waals surface area contributed by atoms with Gasteiger partial charge in [-0.05, 0) is 35.6 Å². The Hall–Kier alpha value is -0.890. The Balaban J connectivity index is 2.42. The van der Waals surface area contributed by atoms with E-state index >= 15 is 0 Å². The Morgan fingerprint density at radius 2 is 2.06 bits per heavy atom. The molecule has 2 aromatic rings. The monoisotopic (exact) mass is 291 g/mol. The van der Waals surface area contributed by atoms with E-state index in [4.69, 9.17) is 0 Å². The molecule has 0 amide bonds. The standard InChI is InChI=1S/C15H18BrN/c1-11(16)10-15(2,3)13-6-7-14-12(9-13)5-4-8-17-14/h4-9,11H,10H2,1-3H3. The van der Waals surface area contributed by atoms with Gasteiger partial charge >= 0.3 is 0 Å². The summed E-state index contributed by atoms with van der Waals surface area (Å²) in [7, 11) is 0. The molecule has 90 valence electrons. The summed E-state index contributed by atoms with van der Waals surface area (Å²) in [5, 5.41) is 1.22. The highest BCUT2D eigenvalue weighted by atomic mass is 79.9. The first kappa shape index (κ1) is 12.6. The lowest BCUT2D eigenvalue weighted by atomic mass is 9.80. The quantitative estimate of drug-likeness (QED) is 0.748. The molecule has 1 heterocycles. The molecule has 1 unspecified atom stereocenters. The zero-order chi connectivity index (χ0) is 12.5. The highest BCUT2D eigenvalue weighted by Crippen LogP contribution is 2.32. The van der Waals surface area contributed by atoms with Gasteiger partial charge in [0.05, 0.1) is 5.52 Å². The van der Waals surface area contributed by atoms with E-state index in [9.17, 15) is 0 Å². The minimum Gasteiger partial charge on any atom is -0.256 e. The van der Waals surface area contributed by atoms with Crippen LogP contribution in [0.3, 0.4) is 0 Å². The molecule has 0 N–H and O–H groups in total. The second kappa shape index (κ2) is 4.77. The molecule has 17 heavy (non-hydrogen) atoms. The fraction of sp³-hybridized carbons (Fsp3) is 0.400. The molecule has 1 aromatic heterocycles. The van der Waals surface area contributed by atoms with Gasteiger partial charge in [0.1, 0.15) is 0 Å². The van der Waals surface area contributed by atoms with E-state index in [2.05, 4.69) is 66.0 Å². The van der Waals surface area contributed by atoms with Crippen LogP contribution < -0.4 is 0 Å². The van der Waals surface area contributed by atoms with Gasteiger partial charge in [-0.1, -0.05) is 48.8 Å². The van der Waals surface area contributed by atoms with Crippen LogP contribution in [0.25, 0.3) is 10.9 Å². The number of halogens is 1. The van der Waals surface area contributed by atoms with Gasteiger partial charge in [0.2, 0.25) is 0 Å². The van der Waals surface area contributed by atoms with E-state index in [0.29, 0.717) is 4.83 Å². The highest BCUT2D eigenvalue weighted by Gasteiger charge is 2.22. The molecule has 0 saturated heterocycles. The number of hydrogen-bond donors (Lipinski definition) is 0. The molecule has 1 nitrogen and oxygen atoms in total. The molecule has 0 aliphatic heterocycles. The molecule has 2 rings (SSSR count). The van der Waals surface area contributed by atoms with Crippen LogP contribution in [0, 0.1) is 0 Å². The smallest absolute Gasteiger partial charge is 0.0702 e. The van der Waals surface area contributed by atoms with E-state index in [1.165, 1.54) is 10.9 Å². The Labute approximate surface area is 111 Å². The van der Waals surface area contributed by atoms with Crippen LogP contribution in [-0.2, 0) is 5.41 Å². The van der Waals surface area contributed by atoms with Gasteiger partial charge in [-0.15, -0.1) is 0 Å². The molecule has 0 aliphatic carbocycles. The largest absolute Gasteiger partial charge is 0.256 e. The predicted molar refractivity (Wildman–Crippen MR) is 77.8 cm³/mol. The Bertz CT molecular complexity index is 517. The number of benzene rings is 1. The zero-order valence-electron chi connectivity index (χ0n) is 10.6. The first-order chi connectivity index (χ1) is 7.99. The average Bonchev–Trinajstić information content (AvgIpc) is 2.26. The van der Waals surface area contributed by atoms with Gasteiger partial charge < -0.3 is 0 Å². The maximum atomic E-state index is 4.36. The molecule has 0 radical (unpaired) electrons. The summed E-state index contributed by atoms with van der Waals surface area (Å²) in [5.74, 6) is 0. The van der Waals surface area contributed by atoms with E-state index < -0.39 is 0 Å². The van der Waals surface area contributed by atoms with Gasteiger partial charge in [0.25, 0.3) is 0 Å². The van der Waals surface area contributed by atoms with Crippen LogP contribution in [0.4, 0.5) is 0 Å². The Morgan fingerprint density at radius 3 is 2.76 bits per heavy atom. The van der Waals surface area contributed by atoms with Crippen LogP contribution in [-0.4, -0.2) is 9.81 Å². The van der Waals surface area contributed by atoms with E-state index in [-0.39, 0.29) is 5.41 Å². The Morgan fingerprint density at radius 1 is 1.29 bits per heavy atom. The third-order valence-electron chi connectivity index (χ3n) is 3.18. The minimum atomic E-state index is 0.187. The molecule has 0 bridgehead atoms. The first-order valence-electron chi connectivity index (χ1n) is 5.98. The summed E-state index contributed by atoms with van der Waals surface area (Å²) in [6.07, 6.45) is 2.96. The summed E-state index contributed by atoms with van der Waals surface area (Å²) < 4.78 is 0. The summed E-state index contributed by atoms with van der Waals surface area (Å²) in [6.45, 7) is 6.79. The fourth-order valence-corrected chi connectivity index (χ4v) is 3.13. The number of pyridine rings is 1. The number of alkyl halides is 1. The third-order valence-corrected chi connectivity index (χ3v) is 3.50. The lowest BCUT2D eigenvalue weighted by Crippen LogP contribution is -2.20. The molecule has 0 saturated carbocycles. The van der Waals surface area contributed by atoms with Crippen molar-refractivity contribution >= 4 is 26.8 Å². The second-order valence-electron chi connectivity index (χ2n) is 5.28. The van der Waals surface area contributed by atoms with E-state index in [1.54, 1.807) is 0 Å². The molecule has 0 fully saturated rings. The summed E-state index contributed by atoms with van der Waals surface area (Å²) in [5.41, 5.74) is 2.63. The molecular formula is C15H18BrN. The number of nitrogens with zero attached hydrogens (tertiary/aromatic N) is 1. The van der Waals surface area contributed by atoms with Crippen LogP contribution in [0.1, 0.15) is 32.8 Å². The highest BCUT2D eigenvalue weighted by molar-refractivity contribution is 9.09. The van der Waals surface area contributed by atoms with Gasteiger partial charge in [-0.2, -0.15) is 0 Å². The van der Waals surface area contributed by atoms with Crippen molar-refractivity contribution in [2.75, 3.05) is 0 Å². The Kier molecular flexibility index (Phi) is 3.53. The van der Waals surface area contributed by atoms with Gasteiger partial charge in [-0.25, -0.2) is 0 Å². The number of fused-ring (bicyclic) bond motifs is 1. The van der Waals surface area contributed by atoms with Crippen LogP contribution >= 0.6 is 15.9 Å². The van der Waals surface area contributed by atoms with Crippen molar-refractivity contribution in [3.63, 3.8) is 0 Å². The van der Waals surface area contributed by atoms with Gasteiger partial charge in [-0.3, -0.25) is 4.98 Å². The molecule has 1 atom stereocenters. The minimum absolute atomic E-state index is 0.187. The van der Waals surface area contributed by atoms with Crippen LogP contribution in [0.5, 0.6) is 0 Å². The molecule has 0 aliphatic rings. The van der Waals surface area contributed by atoms with E-state index in [0.717, 1.165) is 11.9 Å². The van der Waals surface area contributed by atoms with E-state index in [1.807, 2.05) is 12.3 Å². The number of aromatic nitrogens is 1. The summed E-state index contributed by atoms with van der Waals surface area (Å²) in [6, 6.07) is 10.7. The number of hydrogen-bond acceptors (Lipinski definition) is 1. The van der Waals surface area contributed by atoms with Crippen molar-refractivity contribution in [2.45, 2.75) is 37.4 Å². The normalized spacial score (nSPS) is 13.9. The SMILES string of the molecule is CC(Br)CC(C)(C)c1ccc2ncccc2c1. The van der Waals surface area contributed by atoms with Crippen molar-refractivity contribution in [3.8, 4) is 0 Å². The zero-order valence-corrected chi connectivity index (χ0v) is 12.2. The summed E-state index contributed by atoms with van der Waals surface area (Å²) >= 11 is 3.64. The van der Waals surface area contributed by atoms with Gasteiger partial charge in [0.15, 0.2) is 0 Å². The lowest BCUT2D eigenvalue weighted by molar-refractivity contribution is 0.483. The van der Waals surface area contributed by atoms with Crippen LogP contribution in [0.2, 0.25) is 0 Å².